The van der Waals surface area contributed by atoms with Crippen LogP contribution in [-0.4, -0.2) is 66.9 Å². The van der Waals surface area contributed by atoms with E-state index >= 15 is 0 Å². The number of benzene rings is 1. The van der Waals surface area contributed by atoms with E-state index in [2.05, 4.69) is 16.9 Å². The first-order valence-electron chi connectivity index (χ1n) is 10.4. The second kappa shape index (κ2) is 8.75. The summed E-state index contributed by atoms with van der Waals surface area (Å²) in [5.74, 6) is 1.12. The summed E-state index contributed by atoms with van der Waals surface area (Å²) in [5.41, 5.74) is 0.251. The second-order valence-electron chi connectivity index (χ2n) is 8.02. The van der Waals surface area contributed by atoms with E-state index in [0.29, 0.717) is 56.8 Å². The molecule has 0 N–H and O–H groups in total. The molecule has 2 aliphatic rings. The number of sulfonamides is 1. The molecule has 0 atom stereocenters. The molecule has 2 aliphatic heterocycles. The molecule has 2 aromatic rings. The second-order valence-corrected chi connectivity index (χ2v) is 9.96. The Kier molecular flexibility index (Phi) is 6.05. The molecule has 0 saturated carbocycles. The number of anilines is 2. The van der Waals surface area contributed by atoms with Gasteiger partial charge in [0.2, 0.25) is 16.0 Å². The van der Waals surface area contributed by atoms with Gasteiger partial charge in [-0.25, -0.2) is 18.4 Å². The van der Waals surface area contributed by atoms with Gasteiger partial charge >= 0.3 is 0 Å². The van der Waals surface area contributed by atoms with Crippen molar-refractivity contribution in [2.24, 2.45) is 5.92 Å². The summed E-state index contributed by atoms with van der Waals surface area (Å²) in [5, 5.41) is 11.8. The van der Waals surface area contributed by atoms with Crippen LogP contribution in [0.2, 0.25) is 0 Å². The Balaban J connectivity index is 1.54. The monoisotopic (exact) mass is 446 g/mol. The summed E-state index contributed by atoms with van der Waals surface area (Å²) in [7, 11) is -3.75. The van der Waals surface area contributed by atoms with E-state index in [1.165, 1.54) is 16.4 Å². The van der Waals surface area contributed by atoms with E-state index in [1.807, 2.05) is 9.80 Å². The Morgan fingerprint density at radius 3 is 2.23 bits per heavy atom. The maximum absolute atomic E-state index is 13.0. The van der Waals surface area contributed by atoms with Crippen molar-refractivity contribution in [2.45, 2.75) is 24.7 Å². The van der Waals surface area contributed by atoms with Gasteiger partial charge in [-0.1, -0.05) is 6.92 Å². The molecule has 0 unspecified atom stereocenters. The molecule has 11 heteroatoms. The molecule has 0 spiro atoms. The van der Waals surface area contributed by atoms with Crippen LogP contribution in [0.15, 0.2) is 41.6 Å². The van der Waals surface area contributed by atoms with E-state index < -0.39 is 14.9 Å². The highest BCUT2D eigenvalue weighted by Crippen LogP contribution is 2.33. The molecule has 2 saturated heterocycles. The number of hydrogen-bond acceptors (Lipinski definition) is 8. The number of nitro benzene ring substituents is 1. The Morgan fingerprint density at radius 1 is 1.00 bits per heavy atom. The summed E-state index contributed by atoms with van der Waals surface area (Å²) in [6.45, 7) is 5.34. The highest BCUT2D eigenvalue weighted by atomic mass is 32.2. The molecule has 1 aromatic carbocycles. The fourth-order valence-electron chi connectivity index (χ4n) is 4.05. The van der Waals surface area contributed by atoms with Crippen LogP contribution in [0, 0.1) is 16.0 Å². The summed E-state index contributed by atoms with van der Waals surface area (Å²) in [4.78, 5) is 23.7. The third-order valence-corrected chi connectivity index (χ3v) is 7.87. The molecule has 0 aliphatic carbocycles. The highest BCUT2D eigenvalue weighted by molar-refractivity contribution is 7.89. The van der Waals surface area contributed by atoms with Gasteiger partial charge in [0.05, 0.1) is 9.82 Å². The van der Waals surface area contributed by atoms with Crippen LogP contribution in [0.1, 0.15) is 19.8 Å². The van der Waals surface area contributed by atoms with Crippen LogP contribution in [-0.2, 0) is 10.0 Å². The quantitative estimate of drug-likeness (QED) is 0.507. The summed E-state index contributed by atoms with van der Waals surface area (Å²) < 4.78 is 27.5. The molecular formula is C20H26N6O4S. The first-order valence-corrected chi connectivity index (χ1v) is 11.9. The van der Waals surface area contributed by atoms with E-state index in [9.17, 15) is 18.5 Å². The van der Waals surface area contributed by atoms with Gasteiger partial charge in [0, 0.05) is 57.7 Å². The van der Waals surface area contributed by atoms with Crippen molar-refractivity contribution in [3.05, 3.63) is 46.8 Å². The molecule has 10 nitrogen and oxygen atoms in total. The number of rotatable bonds is 5. The molecule has 0 amide bonds. The zero-order valence-corrected chi connectivity index (χ0v) is 18.2. The fraction of sp³-hybridized carbons (Fsp3) is 0.500. The zero-order valence-electron chi connectivity index (χ0n) is 17.4. The predicted molar refractivity (Wildman–Crippen MR) is 117 cm³/mol. The highest BCUT2D eigenvalue weighted by Gasteiger charge is 2.31. The average molecular weight is 447 g/mol. The molecule has 0 bridgehead atoms. The first-order chi connectivity index (χ1) is 14.9. The Morgan fingerprint density at radius 2 is 1.61 bits per heavy atom. The lowest BCUT2D eigenvalue weighted by molar-refractivity contribution is -0.384. The van der Waals surface area contributed by atoms with E-state index in [0.717, 1.165) is 12.8 Å². The van der Waals surface area contributed by atoms with E-state index in [1.54, 1.807) is 24.5 Å². The molecule has 0 radical (unpaired) electrons. The third kappa shape index (κ3) is 4.47. The normalized spacial score (nSPS) is 18.9. The van der Waals surface area contributed by atoms with Crippen molar-refractivity contribution in [2.75, 3.05) is 49.1 Å². The van der Waals surface area contributed by atoms with Gasteiger partial charge < -0.3 is 9.80 Å². The Labute approximate surface area is 181 Å². The van der Waals surface area contributed by atoms with E-state index in [4.69, 9.17) is 0 Å². The van der Waals surface area contributed by atoms with Crippen LogP contribution in [0.5, 0.6) is 0 Å². The Hall–Kier alpha value is -2.79. The topological polar surface area (TPSA) is 113 Å². The van der Waals surface area contributed by atoms with Crippen LogP contribution in [0.25, 0.3) is 0 Å². The Bertz CT molecular complexity index is 1030. The molecule has 2 fully saturated rings. The van der Waals surface area contributed by atoms with Crippen LogP contribution >= 0.6 is 0 Å². The maximum Gasteiger partial charge on any atom is 0.293 e. The van der Waals surface area contributed by atoms with Gasteiger partial charge in [-0.2, -0.15) is 4.31 Å². The number of hydrogen-bond donors (Lipinski definition) is 0. The largest absolute Gasteiger partial charge is 0.362 e. The van der Waals surface area contributed by atoms with E-state index in [-0.39, 0.29) is 10.6 Å². The van der Waals surface area contributed by atoms with Crippen LogP contribution < -0.4 is 9.80 Å². The molecule has 4 rings (SSSR count). The molecular weight excluding hydrogens is 420 g/mol. The minimum absolute atomic E-state index is 0.0196. The SMILES string of the molecule is CC1CCN(S(=O)(=O)c2ccc(N3CCN(c4ncccn4)CC3)c([N+](=O)[O-])c2)CC1. The minimum Gasteiger partial charge on any atom is -0.362 e. The minimum atomic E-state index is -3.75. The van der Waals surface area contributed by atoms with Gasteiger partial charge in [0.15, 0.2) is 0 Å². The average Bonchev–Trinajstić information content (AvgIpc) is 2.79. The lowest BCUT2D eigenvalue weighted by Crippen LogP contribution is -2.47. The van der Waals surface area contributed by atoms with Crippen molar-refractivity contribution >= 4 is 27.3 Å². The third-order valence-electron chi connectivity index (χ3n) is 5.98. The van der Waals surface area contributed by atoms with Crippen molar-refractivity contribution in [3.63, 3.8) is 0 Å². The van der Waals surface area contributed by atoms with Gasteiger partial charge in [-0.3, -0.25) is 10.1 Å². The molecule has 3 heterocycles. The summed E-state index contributed by atoms with van der Waals surface area (Å²) in [6, 6.07) is 6.01. The van der Waals surface area contributed by atoms with Crippen molar-refractivity contribution in [1.29, 1.82) is 0 Å². The lowest BCUT2D eigenvalue weighted by Gasteiger charge is -2.35. The predicted octanol–water partition coefficient (Wildman–Crippen LogP) is 2.13. The summed E-state index contributed by atoms with van der Waals surface area (Å²) in [6.07, 6.45) is 4.97. The molecule has 31 heavy (non-hydrogen) atoms. The van der Waals surface area contributed by atoms with Crippen LogP contribution in [0.3, 0.4) is 0 Å². The number of piperidine rings is 1. The van der Waals surface area contributed by atoms with Gasteiger partial charge in [0.1, 0.15) is 5.69 Å². The lowest BCUT2D eigenvalue weighted by atomic mass is 10.0. The van der Waals surface area contributed by atoms with Crippen molar-refractivity contribution < 1.29 is 13.3 Å². The van der Waals surface area contributed by atoms with Crippen LogP contribution in [0.4, 0.5) is 17.3 Å². The number of nitro groups is 1. The molecule has 166 valence electrons. The number of aromatic nitrogens is 2. The standard InChI is InChI=1S/C20H26N6O4S/c1-16-5-9-25(10-6-16)31(29,30)17-3-4-18(19(15-17)26(27)28)23-11-13-24(14-12-23)20-21-7-2-8-22-20/h2-4,7-8,15-16H,5-6,9-14H2,1H3. The maximum atomic E-state index is 13.0. The van der Waals surface area contributed by atoms with Gasteiger partial charge in [-0.15, -0.1) is 0 Å². The fourth-order valence-corrected chi connectivity index (χ4v) is 5.54. The number of nitrogens with zero attached hydrogens (tertiary/aromatic N) is 6. The first kappa shape index (κ1) is 21.4. The van der Waals surface area contributed by atoms with Gasteiger partial charge in [0.25, 0.3) is 5.69 Å². The molecule has 1 aromatic heterocycles. The van der Waals surface area contributed by atoms with Crippen molar-refractivity contribution in [3.8, 4) is 0 Å². The summed E-state index contributed by atoms with van der Waals surface area (Å²) >= 11 is 0. The van der Waals surface area contributed by atoms with Gasteiger partial charge in [-0.05, 0) is 37.0 Å². The van der Waals surface area contributed by atoms with Crippen molar-refractivity contribution in [1.82, 2.24) is 14.3 Å². The number of piperazine rings is 1. The zero-order chi connectivity index (χ0) is 22.0. The smallest absolute Gasteiger partial charge is 0.293 e.